The van der Waals surface area contributed by atoms with Crippen molar-refractivity contribution in [3.05, 3.63) is 24.3 Å². The summed E-state index contributed by atoms with van der Waals surface area (Å²) in [6.45, 7) is 3.92. The van der Waals surface area contributed by atoms with Crippen LogP contribution in [0.25, 0.3) is 0 Å². The fourth-order valence-corrected chi connectivity index (χ4v) is 8.24. The number of esters is 1. The zero-order valence-corrected chi connectivity index (χ0v) is 41.1. The first-order valence-corrected chi connectivity index (χ1v) is 27.4. The predicted molar refractivity (Wildman–Crippen MR) is 258 cm³/mol. The number of nitrogens with two attached hydrogens (primary N) is 1. The van der Waals surface area contributed by atoms with Crippen LogP contribution in [0.3, 0.4) is 0 Å². The van der Waals surface area contributed by atoms with Gasteiger partial charge in [-0.15, -0.1) is 0 Å². The second-order valence-corrected chi connectivity index (χ2v) is 19.1. The van der Waals surface area contributed by atoms with Crippen molar-refractivity contribution in [1.29, 1.82) is 0 Å². The van der Waals surface area contributed by atoms with Crippen LogP contribution in [0.4, 0.5) is 0 Å². The molecule has 62 heavy (non-hydrogen) atoms. The van der Waals surface area contributed by atoms with Crippen LogP contribution in [0.5, 0.6) is 0 Å². The lowest BCUT2D eigenvalue weighted by Crippen LogP contribution is -2.34. The number of phosphoric acid groups is 1. The van der Waals surface area contributed by atoms with Crippen molar-refractivity contribution < 1.29 is 42.7 Å². The van der Waals surface area contributed by atoms with Crippen LogP contribution >= 0.6 is 7.82 Å². The first-order chi connectivity index (χ1) is 30.2. The fourth-order valence-electron chi connectivity index (χ4n) is 7.46. The number of carbonyl (C=O) groups excluding carboxylic acids is 1. The van der Waals surface area contributed by atoms with Gasteiger partial charge in [-0.05, 0) is 44.9 Å². The minimum absolute atomic E-state index is 0.0213. The number of hydrogen-bond donors (Lipinski definition) is 3. The van der Waals surface area contributed by atoms with Crippen molar-refractivity contribution in [2.45, 2.75) is 264 Å². The van der Waals surface area contributed by atoms with Crippen LogP contribution in [0.1, 0.15) is 251 Å². The largest absolute Gasteiger partial charge is 0.480 e. The first-order valence-electron chi connectivity index (χ1n) is 25.9. The second-order valence-electron chi connectivity index (χ2n) is 17.7. The average Bonchev–Trinajstić information content (AvgIpc) is 3.25. The maximum atomic E-state index is 12.7. The van der Waals surface area contributed by atoms with E-state index in [0.717, 1.165) is 44.9 Å². The molecule has 0 radical (unpaired) electrons. The van der Waals surface area contributed by atoms with Gasteiger partial charge in [0.05, 0.1) is 19.8 Å². The van der Waals surface area contributed by atoms with Crippen LogP contribution in [-0.4, -0.2) is 60.5 Å². The summed E-state index contributed by atoms with van der Waals surface area (Å²) in [5, 5.41) is 8.93. The molecule has 0 bridgehead atoms. The van der Waals surface area contributed by atoms with Crippen LogP contribution < -0.4 is 5.73 Å². The Labute approximate surface area is 381 Å². The molecule has 0 aliphatic carbocycles. The quantitative estimate of drug-likeness (QED) is 0.0233. The number of aliphatic carboxylic acids is 1. The van der Waals surface area contributed by atoms with Crippen molar-refractivity contribution in [1.82, 2.24) is 0 Å². The minimum Gasteiger partial charge on any atom is -0.480 e. The van der Waals surface area contributed by atoms with Gasteiger partial charge in [-0.1, -0.05) is 224 Å². The smallest absolute Gasteiger partial charge is 0.472 e. The third-order valence-electron chi connectivity index (χ3n) is 11.5. The van der Waals surface area contributed by atoms with Crippen LogP contribution in [0.15, 0.2) is 24.3 Å². The molecule has 0 heterocycles. The summed E-state index contributed by atoms with van der Waals surface area (Å²) in [6.07, 6.45) is 53.7. The molecule has 0 aromatic heterocycles. The summed E-state index contributed by atoms with van der Waals surface area (Å²) in [4.78, 5) is 33.7. The minimum atomic E-state index is -4.62. The maximum Gasteiger partial charge on any atom is 0.472 e. The summed E-state index contributed by atoms with van der Waals surface area (Å²) in [5.41, 5.74) is 5.38. The molecule has 3 unspecified atom stereocenters. The number of hydrogen-bond acceptors (Lipinski definition) is 8. The maximum absolute atomic E-state index is 12.7. The molecule has 4 N–H and O–H groups in total. The third kappa shape index (κ3) is 46.4. The molecule has 0 aromatic rings. The van der Waals surface area contributed by atoms with E-state index in [2.05, 4.69) is 38.2 Å². The molecule has 0 aliphatic heterocycles. The molecule has 0 rings (SSSR count). The normalized spacial score (nSPS) is 13.9. The fraction of sp³-hybridized carbons (Fsp3) is 0.882. The SMILES string of the molecule is CCCCCCC/C=C\C/C=C\CCCCCCCCCCCCCC(=O)OC(COCCCCCCCCCCCCCCCCCCC)COP(=O)(O)OCC(N)C(=O)O. The molecule has 0 fully saturated rings. The highest BCUT2D eigenvalue weighted by Gasteiger charge is 2.27. The van der Waals surface area contributed by atoms with Crippen molar-refractivity contribution >= 4 is 19.8 Å². The van der Waals surface area contributed by atoms with E-state index in [1.807, 2.05) is 0 Å². The van der Waals surface area contributed by atoms with E-state index in [1.54, 1.807) is 0 Å². The van der Waals surface area contributed by atoms with E-state index < -0.39 is 45.1 Å². The lowest BCUT2D eigenvalue weighted by molar-refractivity contribution is -0.154. The summed E-state index contributed by atoms with van der Waals surface area (Å²) in [7, 11) is -4.62. The zero-order chi connectivity index (χ0) is 45.5. The summed E-state index contributed by atoms with van der Waals surface area (Å²) in [5.74, 6) is -1.77. The number of rotatable bonds is 50. The van der Waals surface area contributed by atoms with Gasteiger partial charge < -0.3 is 25.2 Å². The molecule has 366 valence electrons. The lowest BCUT2D eigenvalue weighted by Gasteiger charge is -2.20. The zero-order valence-electron chi connectivity index (χ0n) is 40.2. The Morgan fingerprint density at radius 2 is 0.887 bits per heavy atom. The van der Waals surface area contributed by atoms with Gasteiger partial charge in [0.15, 0.2) is 0 Å². The van der Waals surface area contributed by atoms with Crippen LogP contribution in [0, 0.1) is 0 Å². The van der Waals surface area contributed by atoms with E-state index in [0.29, 0.717) is 13.0 Å². The molecule has 0 amide bonds. The Bertz CT molecular complexity index is 1090. The van der Waals surface area contributed by atoms with E-state index in [4.69, 9.17) is 29.4 Å². The number of carboxylic acid groups (broad SMARTS) is 1. The van der Waals surface area contributed by atoms with Gasteiger partial charge in [0.25, 0.3) is 0 Å². The number of carboxylic acids is 1. The van der Waals surface area contributed by atoms with Gasteiger partial charge in [0.1, 0.15) is 12.1 Å². The molecule has 0 aliphatic rings. The summed E-state index contributed by atoms with van der Waals surface area (Å²) >= 11 is 0. The Kier molecular flexibility index (Phi) is 46.2. The lowest BCUT2D eigenvalue weighted by atomic mass is 10.0. The topological polar surface area (TPSA) is 155 Å². The molecule has 0 saturated heterocycles. The number of ether oxygens (including phenoxy) is 2. The first kappa shape index (κ1) is 60.5. The molecule has 0 saturated carbocycles. The Morgan fingerprint density at radius 1 is 0.516 bits per heavy atom. The number of carbonyl (C=O) groups is 2. The summed E-state index contributed by atoms with van der Waals surface area (Å²) in [6, 6.07) is -1.47. The molecular formula is C51H98NO9P. The van der Waals surface area contributed by atoms with Gasteiger partial charge in [-0.25, -0.2) is 4.57 Å². The molecule has 3 atom stereocenters. The monoisotopic (exact) mass is 900 g/mol. The Morgan fingerprint density at radius 3 is 1.31 bits per heavy atom. The van der Waals surface area contributed by atoms with E-state index in [1.165, 1.54) is 180 Å². The number of unbranched alkanes of at least 4 members (excludes halogenated alkanes) is 32. The van der Waals surface area contributed by atoms with Gasteiger partial charge in [0.2, 0.25) is 0 Å². The highest BCUT2D eigenvalue weighted by molar-refractivity contribution is 7.47. The van der Waals surface area contributed by atoms with Crippen molar-refractivity contribution in [3.8, 4) is 0 Å². The average molecular weight is 900 g/mol. The van der Waals surface area contributed by atoms with E-state index >= 15 is 0 Å². The number of allylic oxidation sites excluding steroid dienone is 4. The number of phosphoric ester groups is 1. The highest BCUT2D eigenvalue weighted by atomic mass is 31.2. The predicted octanol–water partition coefficient (Wildman–Crippen LogP) is 15.0. The molecule has 0 spiro atoms. The van der Waals surface area contributed by atoms with Gasteiger partial charge >= 0.3 is 19.8 Å². The van der Waals surface area contributed by atoms with Gasteiger partial charge in [-0.3, -0.25) is 18.6 Å². The molecule has 10 nitrogen and oxygen atoms in total. The Balaban J connectivity index is 4.10. The van der Waals surface area contributed by atoms with Crippen LogP contribution in [0.2, 0.25) is 0 Å². The van der Waals surface area contributed by atoms with E-state index in [-0.39, 0.29) is 13.0 Å². The standard InChI is InChI=1S/C51H98NO9P/c1-3-5-7-9-11-13-15-17-19-21-22-23-24-25-26-27-29-31-33-35-37-39-41-43-50(53)61-48(46-59-62(56,57)60-47-49(52)51(54)55)45-58-44-42-40-38-36-34-32-30-28-20-18-16-14-12-10-8-6-4-2/h15,17,21-22,48-49H,3-14,16,18-20,23-47,52H2,1-2H3,(H,54,55)(H,56,57)/b17-15-,22-21-. The van der Waals surface area contributed by atoms with Crippen molar-refractivity contribution in [2.75, 3.05) is 26.4 Å². The van der Waals surface area contributed by atoms with Gasteiger partial charge in [0, 0.05) is 13.0 Å². The molecular weight excluding hydrogens is 802 g/mol. The van der Waals surface area contributed by atoms with Crippen molar-refractivity contribution in [3.63, 3.8) is 0 Å². The third-order valence-corrected chi connectivity index (χ3v) is 12.4. The summed E-state index contributed by atoms with van der Waals surface area (Å²) < 4.78 is 33.5. The van der Waals surface area contributed by atoms with Gasteiger partial charge in [-0.2, -0.15) is 0 Å². The Hall–Kier alpha value is -1.55. The second kappa shape index (κ2) is 47.4. The van der Waals surface area contributed by atoms with E-state index in [9.17, 15) is 19.0 Å². The van der Waals surface area contributed by atoms with Crippen molar-refractivity contribution in [2.24, 2.45) is 5.73 Å². The molecule has 11 heteroatoms. The highest BCUT2D eigenvalue weighted by Crippen LogP contribution is 2.43. The van der Waals surface area contributed by atoms with Crippen LogP contribution in [-0.2, 0) is 32.7 Å². The molecule has 0 aromatic carbocycles.